The number of hydrogen-bond acceptors (Lipinski definition) is 5. The molecule has 1 aromatic rings. The number of nitrogens with zero attached hydrogens (tertiary/aromatic N) is 2. The maximum atomic E-state index is 12.0. The number of pyridine rings is 1. The van der Waals surface area contributed by atoms with Gasteiger partial charge in [0, 0.05) is 24.8 Å². The molecule has 1 unspecified atom stereocenters. The lowest BCUT2D eigenvalue weighted by molar-refractivity contribution is -0.144. The van der Waals surface area contributed by atoms with E-state index < -0.39 is 0 Å². The quantitative estimate of drug-likeness (QED) is 0.324. The zero-order chi connectivity index (χ0) is 18.7. The summed E-state index contributed by atoms with van der Waals surface area (Å²) in [5.74, 6) is 0.925. The Bertz CT molecular complexity index is 516. The Morgan fingerprint density at radius 1 is 1.44 bits per heavy atom. The largest absolute Gasteiger partial charge is 0.481 e. The van der Waals surface area contributed by atoms with Gasteiger partial charge in [0.1, 0.15) is 0 Å². The second-order valence-corrected chi connectivity index (χ2v) is 6.42. The molecule has 5 heteroatoms. The molecule has 0 aliphatic heterocycles. The first-order chi connectivity index (χ1) is 12.0. The van der Waals surface area contributed by atoms with Crippen molar-refractivity contribution in [1.29, 1.82) is 0 Å². The van der Waals surface area contributed by atoms with E-state index in [1.165, 1.54) is 0 Å². The van der Waals surface area contributed by atoms with E-state index in [-0.39, 0.29) is 12.0 Å². The van der Waals surface area contributed by atoms with Crippen molar-refractivity contribution in [2.75, 3.05) is 27.3 Å². The zero-order valence-corrected chi connectivity index (χ0v) is 16.0. The number of carbonyl (C=O) groups is 1. The predicted octanol–water partition coefficient (Wildman–Crippen LogP) is 4.01. The van der Waals surface area contributed by atoms with Gasteiger partial charge in [0.15, 0.2) is 0 Å². The number of ether oxygens (including phenoxy) is 2. The summed E-state index contributed by atoms with van der Waals surface area (Å²) in [5, 5.41) is 0. The van der Waals surface area contributed by atoms with Crippen molar-refractivity contribution in [2.24, 2.45) is 5.92 Å². The SMILES string of the molecule is C=CCCCC(C)CN(C)[C@@H](CC(=O)OCC)c1ccc(OC)nc1. The summed E-state index contributed by atoms with van der Waals surface area (Å²) in [5.41, 5.74) is 0.995. The summed E-state index contributed by atoms with van der Waals surface area (Å²) in [6.07, 6.45) is 7.39. The van der Waals surface area contributed by atoms with Crippen molar-refractivity contribution in [3.63, 3.8) is 0 Å². The van der Waals surface area contributed by atoms with Gasteiger partial charge in [-0.2, -0.15) is 0 Å². The lowest BCUT2D eigenvalue weighted by Gasteiger charge is -2.30. The third-order valence-corrected chi connectivity index (χ3v) is 4.26. The highest BCUT2D eigenvalue weighted by atomic mass is 16.5. The molecule has 0 aromatic carbocycles. The fraction of sp³-hybridized carbons (Fsp3) is 0.600. The molecule has 5 nitrogen and oxygen atoms in total. The van der Waals surface area contributed by atoms with E-state index in [0.717, 1.165) is 31.4 Å². The van der Waals surface area contributed by atoms with Crippen molar-refractivity contribution in [3.8, 4) is 5.88 Å². The number of esters is 1. The molecule has 2 atom stereocenters. The van der Waals surface area contributed by atoms with Crippen molar-refractivity contribution in [2.45, 2.75) is 45.6 Å². The average molecular weight is 348 g/mol. The van der Waals surface area contributed by atoms with Crippen molar-refractivity contribution in [1.82, 2.24) is 9.88 Å². The predicted molar refractivity (Wildman–Crippen MR) is 101 cm³/mol. The minimum absolute atomic E-state index is 0.0562. The maximum Gasteiger partial charge on any atom is 0.307 e. The molecule has 0 saturated carbocycles. The van der Waals surface area contributed by atoms with Crippen LogP contribution in [0.3, 0.4) is 0 Å². The second kappa shape index (κ2) is 11.6. The van der Waals surface area contributed by atoms with Crippen LogP contribution in [0.2, 0.25) is 0 Å². The summed E-state index contributed by atoms with van der Waals surface area (Å²) in [6, 6.07) is 3.74. The number of allylic oxidation sites excluding steroid dienone is 1. The Labute approximate surface area is 152 Å². The first-order valence-corrected chi connectivity index (χ1v) is 8.98. The summed E-state index contributed by atoms with van der Waals surface area (Å²) in [7, 11) is 3.65. The summed E-state index contributed by atoms with van der Waals surface area (Å²) in [6.45, 7) is 9.15. The van der Waals surface area contributed by atoms with E-state index in [1.54, 1.807) is 13.3 Å². The number of aromatic nitrogens is 1. The van der Waals surface area contributed by atoms with Gasteiger partial charge in [0.25, 0.3) is 0 Å². The van der Waals surface area contributed by atoms with Gasteiger partial charge in [0.05, 0.1) is 20.1 Å². The second-order valence-electron chi connectivity index (χ2n) is 6.42. The van der Waals surface area contributed by atoms with Crippen LogP contribution in [-0.2, 0) is 9.53 Å². The van der Waals surface area contributed by atoms with Gasteiger partial charge in [-0.05, 0) is 44.7 Å². The molecule has 1 heterocycles. The molecule has 25 heavy (non-hydrogen) atoms. The lowest BCUT2D eigenvalue weighted by Crippen LogP contribution is -2.31. The molecular weight excluding hydrogens is 316 g/mol. The molecule has 0 N–H and O–H groups in total. The number of methoxy groups -OCH3 is 1. The average Bonchev–Trinajstić information content (AvgIpc) is 2.60. The van der Waals surface area contributed by atoms with Crippen LogP contribution in [0.5, 0.6) is 5.88 Å². The highest BCUT2D eigenvalue weighted by Gasteiger charge is 2.23. The summed E-state index contributed by atoms with van der Waals surface area (Å²) < 4.78 is 10.3. The summed E-state index contributed by atoms with van der Waals surface area (Å²) >= 11 is 0. The number of carbonyl (C=O) groups excluding carboxylic acids is 1. The smallest absolute Gasteiger partial charge is 0.307 e. The molecule has 0 fully saturated rings. The van der Waals surface area contributed by atoms with Crippen molar-refractivity contribution < 1.29 is 14.3 Å². The van der Waals surface area contributed by atoms with Crippen LogP contribution in [0.1, 0.15) is 51.1 Å². The first-order valence-electron chi connectivity index (χ1n) is 8.98. The van der Waals surface area contributed by atoms with E-state index in [1.807, 2.05) is 25.1 Å². The Morgan fingerprint density at radius 2 is 2.20 bits per heavy atom. The van der Waals surface area contributed by atoms with E-state index in [0.29, 0.717) is 24.8 Å². The first kappa shape index (κ1) is 21.2. The van der Waals surface area contributed by atoms with Crippen LogP contribution in [0.25, 0.3) is 0 Å². The monoisotopic (exact) mass is 348 g/mol. The molecule has 1 rings (SSSR count). The van der Waals surface area contributed by atoms with Crippen molar-refractivity contribution >= 4 is 5.97 Å². The normalized spacial score (nSPS) is 13.3. The van der Waals surface area contributed by atoms with Gasteiger partial charge in [0.2, 0.25) is 5.88 Å². The van der Waals surface area contributed by atoms with Gasteiger partial charge in [-0.1, -0.05) is 19.1 Å². The number of rotatable bonds is 12. The highest BCUT2D eigenvalue weighted by Crippen LogP contribution is 2.26. The Hall–Kier alpha value is -1.88. The van der Waals surface area contributed by atoms with Crippen LogP contribution in [-0.4, -0.2) is 43.2 Å². The zero-order valence-electron chi connectivity index (χ0n) is 16.0. The molecule has 0 amide bonds. The fourth-order valence-electron chi connectivity index (χ4n) is 2.94. The molecule has 0 bridgehead atoms. The fourth-order valence-corrected chi connectivity index (χ4v) is 2.94. The minimum atomic E-state index is -0.186. The molecular formula is C20H32N2O3. The van der Waals surface area contributed by atoms with Gasteiger partial charge in [-0.15, -0.1) is 6.58 Å². The van der Waals surface area contributed by atoms with E-state index in [2.05, 4.69) is 30.4 Å². The molecule has 0 radical (unpaired) electrons. The third-order valence-electron chi connectivity index (χ3n) is 4.26. The number of hydrogen-bond donors (Lipinski definition) is 0. The van der Waals surface area contributed by atoms with E-state index in [9.17, 15) is 4.79 Å². The van der Waals surface area contributed by atoms with E-state index >= 15 is 0 Å². The van der Waals surface area contributed by atoms with Crippen LogP contribution >= 0.6 is 0 Å². The maximum absolute atomic E-state index is 12.0. The van der Waals surface area contributed by atoms with E-state index in [4.69, 9.17) is 9.47 Å². The van der Waals surface area contributed by atoms with Gasteiger partial charge in [-0.3, -0.25) is 9.69 Å². The molecule has 0 spiro atoms. The Morgan fingerprint density at radius 3 is 2.76 bits per heavy atom. The molecule has 0 aliphatic carbocycles. The van der Waals surface area contributed by atoms with Gasteiger partial charge >= 0.3 is 5.97 Å². The van der Waals surface area contributed by atoms with Crippen LogP contribution < -0.4 is 4.74 Å². The standard InChI is InChI=1S/C20H32N2O3/c1-6-8-9-10-16(3)15-22(4)18(13-20(23)25-7-2)17-11-12-19(24-5)21-14-17/h6,11-12,14,16,18H,1,7-10,13,15H2,2-5H3/t16?,18-/m0/s1. The molecule has 0 aliphatic rings. The molecule has 0 saturated heterocycles. The van der Waals surface area contributed by atoms with Gasteiger partial charge < -0.3 is 9.47 Å². The van der Waals surface area contributed by atoms with Crippen LogP contribution in [0.4, 0.5) is 0 Å². The van der Waals surface area contributed by atoms with Gasteiger partial charge in [-0.25, -0.2) is 4.98 Å². The minimum Gasteiger partial charge on any atom is -0.481 e. The van der Waals surface area contributed by atoms with Crippen LogP contribution in [0.15, 0.2) is 31.0 Å². The highest BCUT2D eigenvalue weighted by molar-refractivity contribution is 5.70. The Kier molecular flexibility index (Phi) is 9.85. The third kappa shape index (κ3) is 7.69. The molecule has 1 aromatic heterocycles. The summed E-state index contributed by atoms with van der Waals surface area (Å²) in [4.78, 5) is 18.5. The Balaban J connectivity index is 2.80. The van der Waals surface area contributed by atoms with Crippen LogP contribution in [0, 0.1) is 5.92 Å². The topological polar surface area (TPSA) is 51.7 Å². The number of unbranched alkanes of at least 4 members (excludes halogenated alkanes) is 1. The molecule has 140 valence electrons. The van der Waals surface area contributed by atoms with Crippen molar-refractivity contribution in [3.05, 3.63) is 36.5 Å². The lowest BCUT2D eigenvalue weighted by atomic mass is 9.99.